The first-order valence-electron chi connectivity index (χ1n) is 18.9. The fourth-order valence-corrected chi connectivity index (χ4v) is 10.5. The highest BCUT2D eigenvalue weighted by Crippen LogP contribution is 2.58. The Bertz CT molecular complexity index is 1760. The van der Waals surface area contributed by atoms with Gasteiger partial charge in [-0.15, -0.1) is 0 Å². The summed E-state index contributed by atoms with van der Waals surface area (Å²) in [5.74, 6) is 2.06. The molecule has 10 heteroatoms. The van der Waals surface area contributed by atoms with E-state index < -0.39 is 5.79 Å². The third kappa shape index (κ3) is 5.44. The minimum absolute atomic E-state index is 0.0545. The number of carbonyl (C=O) groups excluding carboxylic acids is 1. The molecule has 9 rings (SSSR count). The standard InChI is InChI=1S/C21H26N2O4.C19H27NO3/c1-3-20-5-6-21(26-8-9-27-21)12-16(20)4-7-25-19-11-18-15(10-17(19)20)13-22-23(18)14(2)24;1-3-18-5-6-19(22-8-9-23-19)12-14(18)4-7-21-17-11-16(20)13(2)10-15(17)18/h10-11,13,16H,3-9,12H2,1-2H3;10-11,14H,3-9,12,20H2,1-2H3/t16-,20+;14-,18+/m00/s1. The summed E-state index contributed by atoms with van der Waals surface area (Å²) in [5, 5.41) is 5.27. The molecular formula is C40H53N3O7. The van der Waals surface area contributed by atoms with Crippen LogP contribution in [-0.2, 0) is 29.8 Å². The van der Waals surface area contributed by atoms with Gasteiger partial charge in [-0.05, 0) is 75.0 Å². The van der Waals surface area contributed by atoms with E-state index in [1.54, 1.807) is 6.20 Å². The number of aryl methyl sites for hydroxylation is 1. The topological polar surface area (TPSA) is 116 Å². The van der Waals surface area contributed by atoms with Crippen LogP contribution in [0.1, 0.15) is 106 Å². The molecule has 2 N–H and O–H groups in total. The lowest BCUT2D eigenvalue weighted by Gasteiger charge is -2.49. The van der Waals surface area contributed by atoms with E-state index in [4.69, 9.17) is 34.2 Å². The molecule has 2 saturated carbocycles. The Labute approximate surface area is 295 Å². The van der Waals surface area contributed by atoms with Crippen LogP contribution in [0.25, 0.3) is 10.9 Å². The first-order chi connectivity index (χ1) is 24.2. The van der Waals surface area contributed by atoms with Crippen molar-refractivity contribution in [2.75, 3.05) is 45.4 Å². The van der Waals surface area contributed by atoms with Gasteiger partial charge in [-0.3, -0.25) is 4.79 Å². The van der Waals surface area contributed by atoms with Crippen LogP contribution in [0.5, 0.6) is 11.5 Å². The van der Waals surface area contributed by atoms with Gasteiger partial charge in [0.1, 0.15) is 11.5 Å². The average molecular weight is 688 g/mol. The Morgan fingerprint density at radius 1 is 0.780 bits per heavy atom. The second-order valence-electron chi connectivity index (χ2n) is 15.5. The molecule has 0 bridgehead atoms. The van der Waals surface area contributed by atoms with Gasteiger partial charge in [-0.25, -0.2) is 4.68 Å². The molecule has 270 valence electrons. The summed E-state index contributed by atoms with van der Waals surface area (Å²) in [6.07, 6.45) is 11.9. The quantitative estimate of drug-likeness (QED) is 0.279. The minimum atomic E-state index is -0.391. The van der Waals surface area contributed by atoms with E-state index in [0.29, 0.717) is 31.7 Å². The largest absolute Gasteiger partial charge is 0.493 e. The number of carbonyl (C=O) groups is 1. The number of nitrogen functional groups attached to an aromatic ring is 1. The molecule has 50 heavy (non-hydrogen) atoms. The maximum atomic E-state index is 11.9. The summed E-state index contributed by atoms with van der Waals surface area (Å²) < 4.78 is 37.8. The maximum Gasteiger partial charge on any atom is 0.244 e. The number of nitrogens with two attached hydrogens (primary N) is 1. The second-order valence-corrected chi connectivity index (χ2v) is 15.5. The first-order valence-corrected chi connectivity index (χ1v) is 18.9. The van der Waals surface area contributed by atoms with Gasteiger partial charge < -0.3 is 34.2 Å². The van der Waals surface area contributed by atoms with Gasteiger partial charge >= 0.3 is 0 Å². The van der Waals surface area contributed by atoms with E-state index in [0.717, 1.165) is 118 Å². The first kappa shape index (κ1) is 33.9. The Hall–Kier alpha value is -3.18. The highest BCUT2D eigenvalue weighted by atomic mass is 16.7. The molecule has 3 aromatic rings. The van der Waals surface area contributed by atoms with Crippen LogP contribution in [0.15, 0.2) is 30.5 Å². The highest BCUT2D eigenvalue weighted by molar-refractivity contribution is 5.91. The smallest absolute Gasteiger partial charge is 0.244 e. The molecular weight excluding hydrogens is 634 g/mol. The molecule has 2 saturated heterocycles. The summed E-state index contributed by atoms with van der Waals surface area (Å²) in [7, 11) is 0. The lowest BCUT2D eigenvalue weighted by molar-refractivity contribution is -0.199. The van der Waals surface area contributed by atoms with Crippen molar-refractivity contribution in [2.24, 2.45) is 11.8 Å². The van der Waals surface area contributed by atoms with Crippen molar-refractivity contribution in [3.8, 4) is 11.5 Å². The van der Waals surface area contributed by atoms with Gasteiger partial charge in [-0.2, -0.15) is 5.10 Å². The number of ether oxygens (including phenoxy) is 6. The summed E-state index contributed by atoms with van der Waals surface area (Å²) >= 11 is 0. The number of aromatic nitrogens is 2. The lowest BCUT2D eigenvalue weighted by atomic mass is 9.59. The highest BCUT2D eigenvalue weighted by Gasteiger charge is 2.55. The molecule has 0 radical (unpaired) electrons. The molecule has 4 atom stereocenters. The summed E-state index contributed by atoms with van der Waals surface area (Å²) in [6, 6.07) is 8.50. The van der Waals surface area contributed by atoms with Crippen molar-refractivity contribution in [1.82, 2.24) is 9.78 Å². The number of hydrogen-bond donors (Lipinski definition) is 1. The average Bonchev–Trinajstić information content (AvgIpc) is 3.83. The van der Waals surface area contributed by atoms with Gasteiger partial charge in [0.25, 0.3) is 0 Å². The van der Waals surface area contributed by atoms with E-state index >= 15 is 0 Å². The third-order valence-corrected chi connectivity index (χ3v) is 13.3. The van der Waals surface area contributed by atoms with Gasteiger partial charge in [0.2, 0.25) is 5.91 Å². The van der Waals surface area contributed by atoms with E-state index in [1.807, 2.05) is 12.1 Å². The van der Waals surface area contributed by atoms with Crippen LogP contribution in [0, 0.1) is 18.8 Å². The lowest BCUT2D eigenvalue weighted by Crippen LogP contribution is -2.48. The predicted octanol–water partition coefficient (Wildman–Crippen LogP) is 7.22. The number of anilines is 1. The Balaban J connectivity index is 0.000000146. The summed E-state index contributed by atoms with van der Waals surface area (Å²) in [5.41, 5.74) is 11.7. The molecule has 4 aliphatic heterocycles. The Morgan fingerprint density at radius 3 is 1.82 bits per heavy atom. The normalized spacial score (nSPS) is 30.5. The summed E-state index contributed by atoms with van der Waals surface area (Å²) in [4.78, 5) is 11.9. The zero-order chi connectivity index (χ0) is 34.7. The molecule has 0 amide bonds. The molecule has 0 unspecified atom stereocenters. The fourth-order valence-electron chi connectivity index (χ4n) is 10.5. The van der Waals surface area contributed by atoms with Crippen molar-refractivity contribution >= 4 is 22.5 Å². The monoisotopic (exact) mass is 687 g/mol. The Kier molecular flexibility index (Phi) is 8.68. The van der Waals surface area contributed by atoms with Crippen LogP contribution >= 0.6 is 0 Å². The zero-order valence-electron chi connectivity index (χ0n) is 30.2. The number of fused-ring (bicyclic) bond motifs is 7. The van der Waals surface area contributed by atoms with Crippen molar-refractivity contribution in [1.29, 1.82) is 0 Å². The van der Waals surface area contributed by atoms with Crippen LogP contribution in [0.4, 0.5) is 5.69 Å². The maximum absolute atomic E-state index is 11.9. The SMILES string of the molecule is CC[C@@]12CCC3(C[C@@H]1CCOc1cc(N)c(C)cc12)OCCO3.CC[C@@]12CCC3(C[C@@H]1CCOc1cc4c(cnn4C(C)=O)cc12)OCCO3. The zero-order valence-corrected chi connectivity index (χ0v) is 30.2. The predicted molar refractivity (Wildman–Crippen MR) is 190 cm³/mol. The van der Waals surface area contributed by atoms with Crippen LogP contribution in [0.2, 0.25) is 0 Å². The molecule has 2 spiro atoms. The molecule has 2 aliphatic carbocycles. The summed E-state index contributed by atoms with van der Waals surface area (Å²) in [6.45, 7) is 12.5. The van der Waals surface area contributed by atoms with Crippen molar-refractivity contribution in [3.05, 3.63) is 47.2 Å². The van der Waals surface area contributed by atoms with Crippen LogP contribution in [-0.4, -0.2) is 66.9 Å². The van der Waals surface area contributed by atoms with E-state index in [1.165, 1.54) is 22.7 Å². The van der Waals surface area contributed by atoms with Gasteiger partial charge in [0.15, 0.2) is 11.6 Å². The number of rotatable bonds is 2. The number of hydrogen-bond acceptors (Lipinski definition) is 9. The molecule has 4 fully saturated rings. The van der Waals surface area contributed by atoms with Crippen LogP contribution < -0.4 is 15.2 Å². The number of benzene rings is 2. The van der Waals surface area contributed by atoms with Gasteiger partial charge in [0.05, 0.1) is 51.4 Å². The van der Waals surface area contributed by atoms with Gasteiger partial charge in [-0.1, -0.05) is 13.8 Å². The van der Waals surface area contributed by atoms with E-state index in [-0.39, 0.29) is 22.5 Å². The van der Waals surface area contributed by atoms with Crippen LogP contribution in [0.3, 0.4) is 0 Å². The van der Waals surface area contributed by atoms with Crippen molar-refractivity contribution in [2.45, 2.75) is 114 Å². The molecule has 6 aliphatic rings. The minimum Gasteiger partial charge on any atom is -0.493 e. The van der Waals surface area contributed by atoms with Crippen molar-refractivity contribution < 1.29 is 33.2 Å². The molecule has 5 heterocycles. The van der Waals surface area contributed by atoms with E-state index in [2.05, 4.69) is 38.0 Å². The van der Waals surface area contributed by atoms with E-state index in [9.17, 15) is 4.79 Å². The molecule has 10 nitrogen and oxygen atoms in total. The molecule has 2 aromatic carbocycles. The number of nitrogens with zero attached hydrogens (tertiary/aromatic N) is 2. The second kappa shape index (κ2) is 12.8. The Morgan fingerprint density at radius 2 is 1.30 bits per heavy atom. The molecule has 1 aromatic heterocycles. The third-order valence-electron chi connectivity index (χ3n) is 13.3. The van der Waals surface area contributed by atoms with Crippen molar-refractivity contribution in [3.63, 3.8) is 0 Å². The van der Waals surface area contributed by atoms with Gasteiger partial charge in [0, 0.05) is 77.8 Å². The fraction of sp³-hybridized carbons (Fsp3) is 0.650.